The number of hydrogen-bond donors (Lipinski definition) is 2. The molecule has 3 aromatic carbocycles. The van der Waals surface area contributed by atoms with Gasteiger partial charge in [0.15, 0.2) is 0 Å². The van der Waals surface area contributed by atoms with Crippen LogP contribution >= 0.6 is 0 Å². The van der Waals surface area contributed by atoms with Gasteiger partial charge in [-0.25, -0.2) is 0 Å². The van der Waals surface area contributed by atoms with Crippen molar-refractivity contribution in [3.05, 3.63) is 101 Å². The Kier molecular flexibility index (Phi) is 6.04. The Hall–Kier alpha value is -4.06. The highest BCUT2D eigenvalue weighted by molar-refractivity contribution is 6.00. The Labute approximate surface area is 198 Å². The zero-order valence-corrected chi connectivity index (χ0v) is 19.1. The molecule has 0 saturated heterocycles. The molecule has 5 rings (SSSR count). The van der Waals surface area contributed by atoms with Gasteiger partial charge in [0.25, 0.3) is 5.91 Å². The molecule has 6 heteroatoms. The zero-order chi connectivity index (χ0) is 23.5. The van der Waals surface area contributed by atoms with Crippen LogP contribution in [0.3, 0.4) is 0 Å². The molecule has 1 aromatic heterocycles. The highest BCUT2D eigenvalue weighted by Crippen LogP contribution is 2.44. The molecule has 1 unspecified atom stereocenters. The molecule has 2 heterocycles. The fraction of sp³-hybridized carbons (Fsp3) is 0.214. The van der Waals surface area contributed by atoms with Crippen LogP contribution in [0.4, 0.5) is 0 Å². The van der Waals surface area contributed by atoms with Crippen molar-refractivity contribution in [1.29, 1.82) is 0 Å². The van der Waals surface area contributed by atoms with Gasteiger partial charge < -0.3 is 14.7 Å². The summed E-state index contributed by atoms with van der Waals surface area (Å²) >= 11 is 0. The zero-order valence-electron chi connectivity index (χ0n) is 19.1. The first-order valence-electron chi connectivity index (χ1n) is 11.6. The molecule has 1 aliphatic heterocycles. The van der Waals surface area contributed by atoms with Gasteiger partial charge in [-0.15, -0.1) is 0 Å². The van der Waals surface area contributed by atoms with E-state index in [0.29, 0.717) is 30.1 Å². The number of carbonyl (C=O) groups is 1. The quantitative estimate of drug-likeness (QED) is 0.377. The number of para-hydroxylation sites is 1. The average molecular weight is 454 g/mol. The lowest BCUT2D eigenvalue weighted by atomic mass is 9.95. The van der Waals surface area contributed by atoms with Crippen molar-refractivity contribution in [3.63, 3.8) is 0 Å². The Balaban J connectivity index is 1.58. The topological polar surface area (TPSA) is 78.5 Å². The fourth-order valence-electron chi connectivity index (χ4n) is 4.54. The minimum atomic E-state index is -0.343. The predicted molar refractivity (Wildman–Crippen MR) is 131 cm³/mol. The summed E-state index contributed by atoms with van der Waals surface area (Å²) in [6.07, 6.45) is 1.65. The molecule has 4 aromatic rings. The number of ether oxygens (including phenoxy) is 1. The highest BCUT2D eigenvalue weighted by Gasteiger charge is 2.42. The highest BCUT2D eigenvalue weighted by atomic mass is 16.5. The molecule has 1 atom stereocenters. The number of rotatable bonds is 8. The van der Waals surface area contributed by atoms with Crippen LogP contribution in [0.15, 0.2) is 78.9 Å². The summed E-state index contributed by atoms with van der Waals surface area (Å²) in [6, 6.07) is 24.8. The third kappa shape index (κ3) is 4.03. The summed E-state index contributed by atoms with van der Waals surface area (Å²) in [7, 11) is 0. The summed E-state index contributed by atoms with van der Waals surface area (Å²) in [5.74, 6) is 0.812. The van der Waals surface area contributed by atoms with Gasteiger partial charge in [0.2, 0.25) is 0 Å². The number of aromatic nitrogens is 2. The van der Waals surface area contributed by atoms with Crippen molar-refractivity contribution < 1.29 is 14.6 Å². The van der Waals surface area contributed by atoms with E-state index in [-0.39, 0.29) is 17.7 Å². The number of aromatic amines is 1. The summed E-state index contributed by atoms with van der Waals surface area (Å²) in [5, 5.41) is 17.9. The van der Waals surface area contributed by atoms with Gasteiger partial charge in [-0.05, 0) is 48.2 Å². The number of fused-ring (bicyclic) bond motifs is 1. The minimum Gasteiger partial charge on any atom is -0.507 e. The van der Waals surface area contributed by atoms with Crippen LogP contribution in [-0.4, -0.2) is 39.3 Å². The second-order valence-corrected chi connectivity index (χ2v) is 8.44. The lowest BCUT2D eigenvalue weighted by molar-refractivity contribution is 0.0745. The maximum atomic E-state index is 13.5. The maximum Gasteiger partial charge on any atom is 0.273 e. The van der Waals surface area contributed by atoms with Crippen molar-refractivity contribution >= 4 is 5.91 Å². The van der Waals surface area contributed by atoms with Crippen molar-refractivity contribution in [3.8, 4) is 22.8 Å². The molecule has 0 fully saturated rings. The maximum absolute atomic E-state index is 13.5. The molecule has 2 N–H and O–H groups in total. The van der Waals surface area contributed by atoms with Gasteiger partial charge in [-0.2, -0.15) is 5.10 Å². The molecule has 0 bridgehead atoms. The van der Waals surface area contributed by atoms with Gasteiger partial charge in [0.05, 0.1) is 12.6 Å². The second kappa shape index (κ2) is 9.43. The second-order valence-electron chi connectivity index (χ2n) is 8.44. The van der Waals surface area contributed by atoms with Crippen LogP contribution < -0.4 is 4.74 Å². The van der Waals surface area contributed by atoms with E-state index in [1.165, 1.54) is 5.56 Å². The number of phenols is 1. The normalized spacial score (nSPS) is 14.9. The van der Waals surface area contributed by atoms with E-state index in [4.69, 9.17) is 4.74 Å². The fourth-order valence-corrected chi connectivity index (χ4v) is 4.54. The summed E-state index contributed by atoms with van der Waals surface area (Å²) < 4.78 is 5.88. The van der Waals surface area contributed by atoms with E-state index in [2.05, 4.69) is 29.3 Å². The lowest BCUT2D eigenvalue weighted by Crippen LogP contribution is -2.31. The van der Waals surface area contributed by atoms with Gasteiger partial charge in [0, 0.05) is 17.7 Å². The van der Waals surface area contributed by atoms with Crippen LogP contribution in [0.1, 0.15) is 46.6 Å². The standard InChI is InChI=1S/C28H27N3O3/c1-2-17-34-21-12-8-11-20(18-21)27-24-25(22-13-6-7-14-23(22)32)29-30-26(24)28(33)31(27)16-15-19-9-4-3-5-10-19/h3-14,18,27,32H,2,15-17H2,1H3,(H,29,30). The number of benzene rings is 3. The van der Waals surface area contributed by atoms with Gasteiger partial charge in [-0.1, -0.05) is 61.5 Å². The van der Waals surface area contributed by atoms with Crippen molar-refractivity contribution in [2.45, 2.75) is 25.8 Å². The number of hydrogen-bond acceptors (Lipinski definition) is 4. The number of phenolic OH excluding ortho intramolecular Hbond substituents is 1. The first-order valence-corrected chi connectivity index (χ1v) is 11.6. The molecular weight excluding hydrogens is 426 g/mol. The monoisotopic (exact) mass is 453 g/mol. The molecule has 0 spiro atoms. The Morgan fingerprint density at radius 2 is 1.82 bits per heavy atom. The largest absolute Gasteiger partial charge is 0.507 e. The van der Waals surface area contributed by atoms with E-state index in [1.807, 2.05) is 59.5 Å². The summed E-state index contributed by atoms with van der Waals surface area (Å²) in [6.45, 7) is 3.25. The van der Waals surface area contributed by atoms with Crippen molar-refractivity contribution in [2.75, 3.05) is 13.2 Å². The first kappa shape index (κ1) is 21.8. The van der Waals surface area contributed by atoms with Gasteiger partial charge >= 0.3 is 0 Å². The molecule has 0 saturated carbocycles. The number of aromatic hydroxyl groups is 1. The van der Waals surface area contributed by atoms with Crippen LogP contribution in [-0.2, 0) is 6.42 Å². The van der Waals surface area contributed by atoms with Crippen LogP contribution in [0.5, 0.6) is 11.5 Å². The number of amides is 1. The molecule has 172 valence electrons. The number of nitrogens with one attached hydrogen (secondary N) is 1. The van der Waals surface area contributed by atoms with Gasteiger partial charge in [-0.3, -0.25) is 9.89 Å². The third-order valence-corrected chi connectivity index (χ3v) is 6.15. The Bertz CT molecular complexity index is 1300. The van der Waals surface area contributed by atoms with Crippen LogP contribution in [0, 0.1) is 0 Å². The smallest absolute Gasteiger partial charge is 0.273 e. The molecule has 6 nitrogen and oxygen atoms in total. The Morgan fingerprint density at radius 1 is 1.03 bits per heavy atom. The SMILES string of the molecule is CCCOc1cccc(C2c3c(-c4ccccc4O)n[nH]c3C(=O)N2CCc2ccccc2)c1. The number of carbonyl (C=O) groups excluding carboxylic acids is 1. The van der Waals surface area contributed by atoms with E-state index >= 15 is 0 Å². The first-order chi connectivity index (χ1) is 16.7. The minimum absolute atomic E-state index is 0.0926. The average Bonchev–Trinajstić information content (AvgIpc) is 3.41. The van der Waals surface area contributed by atoms with E-state index in [1.54, 1.807) is 12.1 Å². The number of H-pyrrole nitrogens is 1. The molecule has 1 amide bonds. The molecule has 34 heavy (non-hydrogen) atoms. The van der Waals surface area contributed by atoms with Crippen molar-refractivity contribution in [2.24, 2.45) is 0 Å². The van der Waals surface area contributed by atoms with Crippen LogP contribution in [0.25, 0.3) is 11.3 Å². The van der Waals surface area contributed by atoms with Crippen LogP contribution in [0.2, 0.25) is 0 Å². The van der Waals surface area contributed by atoms with E-state index < -0.39 is 0 Å². The van der Waals surface area contributed by atoms with Crippen molar-refractivity contribution in [1.82, 2.24) is 15.1 Å². The number of nitrogens with zero attached hydrogens (tertiary/aromatic N) is 2. The molecule has 0 radical (unpaired) electrons. The molecule has 1 aliphatic rings. The summed E-state index contributed by atoms with van der Waals surface area (Å²) in [4.78, 5) is 15.4. The predicted octanol–water partition coefficient (Wildman–Crippen LogP) is 5.36. The van der Waals surface area contributed by atoms with E-state index in [9.17, 15) is 9.90 Å². The molecule has 0 aliphatic carbocycles. The van der Waals surface area contributed by atoms with Gasteiger partial charge in [0.1, 0.15) is 22.9 Å². The summed E-state index contributed by atoms with van der Waals surface area (Å²) in [5.41, 5.74) is 4.56. The Morgan fingerprint density at radius 3 is 2.62 bits per heavy atom. The lowest BCUT2D eigenvalue weighted by Gasteiger charge is -2.27. The molecular formula is C28H27N3O3. The van der Waals surface area contributed by atoms with E-state index in [0.717, 1.165) is 29.7 Å². The third-order valence-electron chi connectivity index (χ3n) is 6.15.